The van der Waals surface area contributed by atoms with Crippen molar-refractivity contribution < 1.29 is 9.53 Å². The van der Waals surface area contributed by atoms with Gasteiger partial charge in [-0.1, -0.05) is 12.1 Å². The van der Waals surface area contributed by atoms with Crippen molar-refractivity contribution in [2.75, 3.05) is 18.9 Å². The summed E-state index contributed by atoms with van der Waals surface area (Å²) in [5.74, 6) is 0. The quantitative estimate of drug-likeness (QED) is 0.918. The topological polar surface area (TPSA) is 59.4 Å². The fourth-order valence-electron chi connectivity index (χ4n) is 2.77. The number of likely N-dealkylation sites (N-methyl/N-ethyl adjacent to an activating group) is 1. The van der Waals surface area contributed by atoms with Gasteiger partial charge in [0.2, 0.25) is 0 Å². The maximum absolute atomic E-state index is 11.8. The molecule has 1 aliphatic rings. The van der Waals surface area contributed by atoms with Gasteiger partial charge in [0.25, 0.3) is 0 Å². The summed E-state index contributed by atoms with van der Waals surface area (Å²) >= 11 is 0. The smallest absolute Gasteiger partial charge is 0.412 e. The minimum atomic E-state index is -0.507. The van der Waals surface area contributed by atoms with Crippen molar-refractivity contribution in [3.05, 3.63) is 36.2 Å². The average Bonchev–Trinajstić information content (AvgIpc) is 2.89. The molecule has 6 nitrogen and oxygen atoms in total. The molecule has 0 saturated heterocycles. The maximum Gasteiger partial charge on any atom is 0.412 e. The summed E-state index contributed by atoms with van der Waals surface area (Å²) in [6, 6.07) is 7.77. The van der Waals surface area contributed by atoms with E-state index in [4.69, 9.17) is 4.74 Å². The highest BCUT2D eigenvalue weighted by molar-refractivity contribution is 5.85. The van der Waals surface area contributed by atoms with Gasteiger partial charge in [-0.05, 0) is 45.5 Å². The molecule has 0 spiro atoms. The third kappa shape index (κ3) is 3.76. The number of ether oxygens (including phenoxy) is 1. The predicted octanol–water partition coefficient (Wildman–Crippen LogP) is 3.34. The Morgan fingerprint density at radius 1 is 1.21 bits per heavy atom. The Hall–Kier alpha value is -2.34. The van der Waals surface area contributed by atoms with E-state index in [1.54, 1.807) is 0 Å². The summed E-state index contributed by atoms with van der Waals surface area (Å²) in [7, 11) is 2.12. The zero-order valence-corrected chi connectivity index (χ0v) is 14.7. The number of nitrogens with one attached hydrogen (secondary N) is 1. The fraction of sp³-hybridized carbons (Fsp3) is 0.444. The van der Waals surface area contributed by atoms with Crippen LogP contribution in [0, 0.1) is 0 Å². The van der Waals surface area contributed by atoms with Gasteiger partial charge < -0.3 is 4.74 Å². The van der Waals surface area contributed by atoms with Gasteiger partial charge in [-0.3, -0.25) is 14.9 Å². The van der Waals surface area contributed by atoms with Crippen LogP contribution in [0.5, 0.6) is 0 Å². The predicted molar refractivity (Wildman–Crippen MR) is 93.9 cm³/mol. The van der Waals surface area contributed by atoms with Crippen LogP contribution < -0.4 is 5.32 Å². The Bertz CT molecular complexity index is 728. The molecule has 0 atom stereocenters. The van der Waals surface area contributed by atoms with Crippen LogP contribution in [0.25, 0.3) is 11.1 Å². The second-order valence-corrected chi connectivity index (χ2v) is 7.17. The van der Waals surface area contributed by atoms with Crippen LogP contribution in [0.3, 0.4) is 0 Å². The average molecular weight is 328 g/mol. The molecular formula is C18H24N4O2. The Morgan fingerprint density at radius 2 is 1.92 bits per heavy atom. The Morgan fingerprint density at radius 3 is 2.58 bits per heavy atom. The van der Waals surface area contributed by atoms with Gasteiger partial charge in [-0.15, -0.1) is 0 Å². The van der Waals surface area contributed by atoms with E-state index < -0.39 is 11.7 Å². The number of nitrogens with zero attached hydrogens (tertiary/aromatic N) is 3. The number of benzene rings is 1. The first kappa shape index (κ1) is 16.5. The summed E-state index contributed by atoms with van der Waals surface area (Å²) in [6.45, 7) is 8.37. The van der Waals surface area contributed by atoms with Gasteiger partial charge in [0, 0.05) is 24.3 Å². The molecule has 24 heavy (non-hydrogen) atoms. The van der Waals surface area contributed by atoms with Crippen LogP contribution in [-0.2, 0) is 17.8 Å². The van der Waals surface area contributed by atoms with Crippen molar-refractivity contribution >= 4 is 11.8 Å². The van der Waals surface area contributed by atoms with E-state index >= 15 is 0 Å². The lowest BCUT2D eigenvalue weighted by molar-refractivity contribution is 0.0636. The van der Waals surface area contributed by atoms with Gasteiger partial charge >= 0.3 is 6.09 Å². The van der Waals surface area contributed by atoms with Crippen molar-refractivity contribution in [1.82, 2.24) is 14.7 Å². The molecule has 1 N–H and O–H groups in total. The normalized spacial score (nSPS) is 15.0. The molecular weight excluding hydrogens is 304 g/mol. The molecule has 6 heteroatoms. The molecule has 1 amide bonds. The summed E-state index contributed by atoms with van der Waals surface area (Å²) in [4.78, 5) is 14.1. The molecule has 1 aromatic carbocycles. The summed E-state index contributed by atoms with van der Waals surface area (Å²) < 4.78 is 7.33. The lowest BCUT2D eigenvalue weighted by Gasteiger charge is -2.24. The second-order valence-electron chi connectivity index (χ2n) is 7.17. The number of aromatic nitrogens is 2. The first-order valence-corrected chi connectivity index (χ1v) is 8.15. The first-order valence-electron chi connectivity index (χ1n) is 8.15. The Kier molecular flexibility index (Phi) is 4.32. The van der Waals surface area contributed by atoms with Gasteiger partial charge in [0.1, 0.15) is 5.60 Å². The molecule has 128 valence electrons. The lowest BCUT2D eigenvalue weighted by Crippen LogP contribution is -2.30. The summed E-state index contributed by atoms with van der Waals surface area (Å²) in [5, 5.41) is 7.23. The number of hydrogen-bond donors (Lipinski definition) is 1. The number of hydrogen-bond acceptors (Lipinski definition) is 4. The van der Waals surface area contributed by atoms with E-state index in [0.29, 0.717) is 5.69 Å². The minimum Gasteiger partial charge on any atom is -0.444 e. The largest absolute Gasteiger partial charge is 0.444 e. The van der Waals surface area contributed by atoms with Crippen LogP contribution in [0.2, 0.25) is 0 Å². The number of amides is 1. The van der Waals surface area contributed by atoms with Gasteiger partial charge in [-0.25, -0.2) is 4.79 Å². The number of carbonyl (C=O) groups is 1. The van der Waals surface area contributed by atoms with Crippen LogP contribution in [0.4, 0.5) is 10.5 Å². The number of carbonyl (C=O) groups excluding carboxylic acids is 1. The van der Waals surface area contributed by atoms with Crippen LogP contribution in [0.1, 0.15) is 26.5 Å². The number of rotatable bonds is 2. The van der Waals surface area contributed by atoms with E-state index in [0.717, 1.165) is 30.8 Å². The molecule has 3 rings (SSSR count). The molecule has 0 aliphatic carbocycles. The van der Waals surface area contributed by atoms with Gasteiger partial charge in [0.15, 0.2) is 0 Å². The zero-order chi connectivity index (χ0) is 17.3. The van der Waals surface area contributed by atoms with Crippen LogP contribution >= 0.6 is 0 Å². The monoisotopic (exact) mass is 328 g/mol. The molecule has 1 aromatic heterocycles. The summed E-state index contributed by atoms with van der Waals surface area (Å²) in [5.41, 5.74) is 3.68. The highest BCUT2D eigenvalue weighted by Crippen LogP contribution is 2.27. The van der Waals surface area contributed by atoms with E-state index in [-0.39, 0.29) is 0 Å². The SMILES string of the molecule is CN1CCn2ncc(-c3ccc(NC(=O)OC(C)(C)C)cc3)c2C1. The summed E-state index contributed by atoms with van der Waals surface area (Å²) in [6.07, 6.45) is 1.48. The van der Waals surface area contributed by atoms with E-state index in [2.05, 4.69) is 27.0 Å². The molecule has 0 saturated carbocycles. The molecule has 0 unspecified atom stereocenters. The van der Waals surface area contributed by atoms with E-state index in [1.165, 1.54) is 5.69 Å². The van der Waals surface area contributed by atoms with E-state index in [9.17, 15) is 4.79 Å². The van der Waals surface area contributed by atoms with Crippen molar-refractivity contribution in [3.8, 4) is 11.1 Å². The third-order valence-electron chi connectivity index (χ3n) is 3.90. The number of anilines is 1. The molecule has 2 aromatic rings. The van der Waals surface area contributed by atoms with Crippen molar-refractivity contribution in [1.29, 1.82) is 0 Å². The fourth-order valence-corrected chi connectivity index (χ4v) is 2.77. The van der Waals surface area contributed by atoms with E-state index in [1.807, 2.05) is 51.2 Å². The molecule has 1 aliphatic heterocycles. The number of fused-ring (bicyclic) bond motifs is 1. The lowest BCUT2D eigenvalue weighted by atomic mass is 10.1. The first-order chi connectivity index (χ1) is 11.3. The van der Waals surface area contributed by atoms with Crippen molar-refractivity contribution in [2.24, 2.45) is 0 Å². The molecule has 0 radical (unpaired) electrons. The van der Waals surface area contributed by atoms with Gasteiger partial charge in [-0.2, -0.15) is 5.10 Å². The molecule has 0 fully saturated rings. The third-order valence-corrected chi connectivity index (χ3v) is 3.90. The minimum absolute atomic E-state index is 0.445. The zero-order valence-electron chi connectivity index (χ0n) is 14.7. The molecule has 2 heterocycles. The standard InChI is InChI=1S/C18H24N4O2/c1-18(2,3)24-17(23)20-14-7-5-13(6-8-14)15-11-19-22-10-9-21(4)12-16(15)22/h5-8,11H,9-10,12H2,1-4H3,(H,20,23). The highest BCUT2D eigenvalue weighted by Gasteiger charge is 2.19. The Balaban J connectivity index is 1.74. The van der Waals surface area contributed by atoms with Crippen molar-refractivity contribution in [3.63, 3.8) is 0 Å². The maximum atomic E-state index is 11.8. The molecule has 0 bridgehead atoms. The Labute approximate surface area is 142 Å². The second kappa shape index (κ2) is 6.28. The highest BCUT2D eigenvalue weighted by atomic mass is 16.6. The van der Waals surface area contributed by atoms with Crippen molar-refractivity contribution in [2.45, 2.75) is 39.5 Å². The van der Waals surface area contributed by atoms with Crippen LogP contribution in [0.15, 0.2) is 30.5 Å². The van der Waals surface area contributed by atoms with Gasteiger partial charge in [0.05, 0.1) is 18.4 Å². The van der Waals surface area contributed by atoms with Crippen LogP contribution in [-0.4, -0.2) is 40.0 Å².